The molecule has 1 aliphatic heterocycles. The van der Waals surface area contributed by atoms with Gasteiger partial charge in [0.25, 0.3) is 5.91 Å². The van der Waals surface area contributed by atoms with Crippen molar-refractivity contribution in [1.29, 1.82) is 0 Å². The lowest BCUT2D eigenvalue weighted by Gasteiger charge is -2.11. The Bertz CT molecular complexity index is 915. The molecule has 0 atom stereocenters. The number of carbonyl (C=O) groups is 1. The van der Waals surface area contributed by atoms with E-state index in [1.54, 1.807) is 12.1 Å². The van der Waals surface area contributed by atoms with Gasteiger partial charge in [0.05, 0.1) is 5.52 Å². The summed E-state index contributed by atoms with van der Waals surface area (Å²) in [6.45, 7) is 1.43. The van der Waals surface area contributed by atoms with Crippen LogP contribution in [0.4, 0.5) is 4.39 Å². The second kappa shape index (κ2) is 5.39. The summed E-state index contributed by atoms with van der Waals surface area (Å²) in [6.07, 6.45) is 0.869. The van der Waals surface area contributed by atoms with Gasteiger partial charge in [-0.25, -0.2) is 4.39 Å². The number of rotatable bonds is 1. The van der Waals surface area contributed by atoms with E-state index in [9.17, 15) is 9.18 Å². The minimum Gasteiger partial charge on any atom is -0.351 e. The minimum absolute atomic E-state index is 0.0696. The lowest BCUT2D eigenvalue weighted by atomic mass is 10.0. The Hall–Kier alpha value is -2.33. The first-order valence-electron chi connectivity index (χ1n) is 7.50. The molecule has 1 aromatic heterocycles. The first-order chi connectivity index (χ1) is 11.1. The molecule has 4 rings (SSSR count). The fourth-order valence-corrected chi connectivity index (χ4v) is 3.40. The monoisotopic (exact) mass is 328 g/mol. The Kier molecular flexibility index (Phi) is 3.34. The molecule has 3 aromatic rings. The van der Waals surface area contributed by atoms with Crippen molar-refractivity contribution in [1.82, 2.24) is 9.88 Å². The van der Waals surface area contributed by atoms with Crippen LogP contribution in [-0.2, 0) is 6.54 Å². The van der Waals surface area contributed by atoms with Crippen molar-refractivity contribution in [2.45, 2.75) is 13.0 Å². The first-order valence-corrected chi connectivity index (χ1v) is 7.88. The summed E-state index contributed by atoms with van der Waals surface area (Å²) in [4.78, 5) is 12.2. The van der Waals surface area contributed by atoms with Crippen LogP contribution in [0.15, 0.2) is 42.5 Å². The van der Waals surface area contributed by atoms with Crippen LogP contribution in [0, 0.1) is 5.82 Å². The van der Waals surface area contributed by atoms with Crippen molar-refractivity contribution in [3.63, 3.8) is 0 Å². The molecule has 1 aliphatic rings. The van der Waals surface area contributed by atoms with Gasteiger partial charge in [0.2, 0.25) is 0 Å². The molecule has 3 nitrogen and oxygen atoms in total. The SMILES string of the molecule is O=C1NCCCn2c1cc1cc(Cl)cc(-c3ccc(F)cc3)c12. The van der Waals surface area contributed by atoms with Crippen LogP contribution >= 0.6 is 11.6 Å². The molecule has 0 aliphatic carbocycles. The number of hydrogen-bond donors (Lipinski definition) is 1. The third-order valence-electron chi connectivity index (χ3n) is 4.19. The molecule has 0 spiro atoms. The number of aromatic nitrogens is 1. The lowest BCUT2D eigenvalue weighted by Crippen LogP contribution is -2.22. The standard InChI is InChI=1S/C18H14ClFN2O/c19-13-8-12-9-16-18(23)21-6-1-7-22(16)17(12)15(10-13)11-2-4-14(20)5-3-11/h2-5,8-10H,1,6-7H2,(H,21,23). The summed E-state index contributed by atoms with van der Waals surface area (Å²) in [5.74, 6) is -0.347. The number of fused-ring (bicyclic) bond motifs is 3. The Labute approximate surface area is 137 Å². The maximum Gasteiger partial charge on any atom is 0.267 e. The van der Waals surface area contributed by atoms with Gasteiger partial charge in [0.15, 0.2) is 0 Å². The zero-order valence-electron chi connectivity index (χ0n) is 12.3. The molecular formula is C18H14ClFN2O. The number of hydrogen-bond acceptors (Lipinski definition) is 1. The van der Waals surface area contributed by atoms with E-state index in [0.717, 1.165) is 35.0 Å². The number of halogens is 2. The van der Waals surface area contributed by atoms with Gasteiger partial charge in [-0.2, -0.15) is 0 Å². The molecule has 0 saturated heterocycles. The van der Waals surface area contributed by atoms with E-state index < -0.39 is 0 Å². The zero-order valence-corrected chi connectivity index (χ0v) is 13.0. The molecule has 1 N–H and O–H groups in total. The van der Waals surface area contributed by atoms with Crippen molar-refractivity contribution in [2.75, 3.05) is 6.54 Å². The van der Waals surface area contributed by atoms with Gasteiger partial charge in [-0.1, -0.05) is 23.7 Å². The molecule has 0 fully saturated rings. The molecule has 23 heavy (non-hydrogen) atoms. The number of benzene rings is 2. The van der Waals surface area contributed by atoms with Gasteiger partial charge >= 0.3 is 0 Å². The largest absolute Gasteiger partial charge is 0.351 e. The van der Waals surface area contributed by atoms with E-state index in [-0.39, 0.29) is 11.7 Å². The van der Waals surface area contributed by atoms with Crippen LogP contribution in [0.3, 0.4) is 0 Å². The summed E-state index contributed by atoms with van der Waals surface area (Å²) < 4.78 is 15.3. The van der Waals surface area contributed by atoms with E-state index >= 15 is 0 Å². The maximum atomic E-state index is 13.2. The highest BCUT2D eigenvalue weighted by Gasteiger charge is 2.21. The molecule has 0 unspecified atom stereocenters. The van der Waals surface area contributed by atoms with E-state index in [4.69, 9.17) is 11.6 Å². The smallest absolute Gasteiger partial charge is 0.267 e. The molecule has 0 saturated carbocycles. The number of amides is 1. The second-order valence-corrected chi connectivity index (χ2v) is 6.13. The summed E-state index contributed by atoms with van der Waals surface area (Å²) in [7, 11) is 0. The molecule has 0 bridgehead atoms. The van der Waals surface area contributed by atoms with Crippen molar-refractivity contribution in [3.8, 4) is 11.1 Å². The van der Waals surface area contributed by atoms with Crippen LogP contribution in [0.2, 0.25) is 5.02 Å². The average molecular weight is 329 g/mol. The van der Waals surface area contributed by atoms with Crippen LogP contribution in [0.25, 0.3) is 22.0 Å². The summed E-state index contributed by atoms with van der Waals surface area (Å²) in [5.41, 5.74) is 3.40. The highest BCUT2D eigenvalue weighted by molar-refractivity contribution is 6.32. The molecule has 5 heteroatoms. The Morgan fingerprint density at radius 2 is 1.91 bits per heavy atom. The third kappa shape index (κ3) is 2.39. The van der Waals surface area contributed by atoms with Gasteiger partial charge in [0, 0.05) is 29.1 Å². The first kappa shape index (κ1) is 14.3. The van der Waals surface area contributed by atoms with Gasteiger partial charge in [0.1, 0.15) is 11.5 Å². The molecule has 2 aromatic carbocycles. The van der Waals surface area contributed by atoms with Gasteiger partial charge in [-0.3, -0.25) is 4.79 Å². The highest BCUT2D eigenvalue weighted by Crippen LogP contribution is 2.35. The number of aryl methyl sites for hydroxylation is 1. The predicted octanol–water partition coefficient (Wildman–Crippen LogP) is 4.23. The van der Waals surface area contributed by atoms with Crippen molar-refractivity contribution in [2.24, 2.45) is 0 Å². The fourth-order valence-electron chi connectivity index (χ4n) is 3.18. The average Bonchev–Trinajstić information content (AvgIpc) is 2.80. The van der Waals surface area contributed by atoms with Crippen LogP contribution in [0.1, 0.15) is 16.9 Å². The molecule has 116 valence electrons. The second-order valence-electron chi connectivity index (χ2n) is 5.69. The van der Waals surface area contributed by atoms with E-state index in [1.165, 1.54) is 12.1 Å². The van der Waals surface area contributed by atoms with E-state index in [1.807, 2.05) is 22.8 Å². The number of carbonyl (C=O) groups excluding carboxylic acids is 1. The molecular weight excluding hydrogens is 315 g/mol. The van der Waals surface area contributed by atoms with Gasteiger partial charge < -0.3 is 9.88 Å². The topological polar surface area (TPSA) is 34.0 Å². The van der Waals surface area contributed by atoms with Crippen LogP contribution in [0.5, 0.6) is 0 Å². The minimum atomic E-state index is -0.277. The molecule has 1 amide bonds. The number of nitrogens with zero attached hydrogens (tertiary/aromatic N) is 1. The third-order valence-corrected chi connectivity index (χ3v) is 4.41. The predicted molar refractivity (Wildman–Crippen MR) is 89.3 cm³/mol. The number of nitrogens with one attached hydrogen (secondary N) is 1. The zero-order chi connectivity index (χ0) is 16.0. The van der Waals surface area contributed by atoms with Crippen molar-refractivity contribution >= 4 is 28.4 Å². The van der Waals surface area contributed by atoms with E-state index in [2.05, 4.69) is 5.32 Å². The normalized spacial score (nSPS) is 14.4. The summed E-state index contributed by atoms with van der Waals surface area (Å²) >= 11 is 6.25. The maximum absolute atomic E-state index is 13.2. The fraction of sp³-hybridized carbons (Fsp3) is 0.167. The highest BCUT2D eigenvalue weighted by atomic mass is 35.5. The molecule has 0 radical (unpaired) electrons. The Morgan fingerprint density at radius 1 is 1.13 bits per heavy atom. The van der Waals surface area contributed by atoms with Gasteiger partial charge in [-0.15, -0.1) is 0 Å². The van der Waals surface area contributed by atoms with Crippen molar-refractivity contribution in [3.05, 3.63) is 59.0 Å². The van der Waals surface area contributed by atoms with E-state index in [0.29, 0.717) is 17.3 Å². The lowest BCUT2D eigenvalue weighted by molar-refractivity contribution is 0.0951. The molecule has 2 heterocycles. The summed E-state index contributed by atoms with van der Waals surface area (Å²) in [6, 6.07) is 11.9. The van der Waals surface area contributed by atoms with Crippen molar-refractivity contribution < 1.29 is 9.18 Å². The summed E-state index contributed by atoms with van der Waals surface area (Å²) in [5, 5.41) is 4.42. The van der Waals surface area contributed by atoms with Crippen LogP contribution < -0.4 is 5.32 Å². The quantitative estimate of drug-likeness (QED) is 0.712. The van der Waals surface area contributed by atoms with Gasteiger partial charge in [-0.05, 0) is 42.3 Å². The Morgan fingerprint density at radius 3 is 2.70 bits per heavy atom. The Balaban J connectivity index is 2.03. The van der Waals surface area contributed by atoms with Crippen LogP contribution in [-0.4, -0.2) is 17.0 Å².